The Labute approximate surface area is 129 Å². The number of imidazole rings is 1. The predicted octanol–water partition coefficient (Wildman–Crippen LogP) is 1.68. The molecule has 0 fully saturated rings. The summed E-state index contributed by atoms with van der Waals surface area (Å²) in [5.41, 5.74) is -0.0413. The smallest absolute Gasteiger partial charge is 0.358 e. The molecule has 1 heterocycles. The number of anilines is 2. The number of aromatic nitrogens is 2. The van der Waals surface area contributed by atoms with Crippen molar-refractivity contribution in [3.05, 3.63) is 46.3 Å². The van der Waals surface area contributed by atoms with Gasteiger partial charge in [0.2, 0.25) is 18.1 Å². The van der Waals surface area contributed by atoms with E-state index >= 15 is 0 Å². The van der Waals surface area contributed by atoms with Gasteiger partial charge in [0.05, 0.1) is 6.54 Å². The van der Waals surface area contributed by atoms with Gasteiger partial charge in [-0.2, -0.15) is 0 Å². The second-order valence-electron chi connectivity index (χ2n) is 4.82. The molecule has 2 aromatic rings. The van der Waals surface area contributed by atoms with Crippen LogP contribution in [0.2, 0.25) is 0 Å². The molecule has 0 bridgehead atoms. The Morgan fingerprint density at radius 3 is 2.57 bits per heavy atom. The monoisotopic (exact) mass is 325 g/mol. The summed E-state index contributed by atoms with van der Waals surface area (Å²) in [5.74, 6) is -2.49. The van der Waals surface area contributed by atoms with Gasteiger partial charge in [0, 0.05) is 25.8 Å². The van der Waals surface area contributed by atoms with E-state index in [2.05, 4.69) is 10.3 Å². The molecule has 0 radical (unpaired) electrons. The number of nitrogens with one attached hydrogen (secondary N) is 1. The molecule has 0 aliphatic heterocycles. The van der Waals surface area contributed by atoms with Crippen molar-refractivity contribution in [1.29, 1.82) is 0 Å². The summed E-state index contributed by atoms with van der Waals surface area (Å²) in [6.45, 7) is -0.265. The van der Waals surface area contributed by atoms with E-state index in [4.69, 9.17) is 0 Å². The highest BCUT2D eigenvalue weighted by atomic mass is 19.1. The average Bonchev–Trinajstić information content (AvgIpc) is 2.79. The van der Waals surface area contributed by atoms with Crippen LogP contribution < -0.4 is 10.2 Å². The Kier molecular flexibility index (Phi) is 4.53. The predicted molar refractivity (Wildman–Crippen MR) is 78.1 cm³/mol. The van der Waals surface area contributed by atoms with Crippen molar-refractivity contribution in [3.63, 3.8) is 0 Å². The molecular formula is C13H13F2N5O3. The van der Waals surface area contributed by atoms with Gasteiger partial charge in [-0.25, -0.2) is 8.78 Å². The lowest BCUT2D eigenvalue weighted by molar-refractivity contribution is -0.388. The van der Waals surface area contributed by atoms with Crippen LogP contribution in [0, 0.1) is 21.7 Å². The van der Waals surface area contributed by atoms with E-state index in [-0.39, 0.29) is 23.9 Å². The lowest BCUT2D eigenvalue weighted by Crippen LogP contribution is -2.31. The molecule has 1 N–H and O–H groups in total. The summed E-state index contributed by atoms with van der Waals surface area (Å²) >= 11 is 0. The largest absolute Gasteiger partial charge is 0.406 e. The molecule has 1 aromatic heterocycles. The summed E-state index contributed by atoms with van der Waals surface area (Å²) in [7, 11) is 3.02. The Morgan fingerprint density at radius 1 is 1.39 bits per heavy atom. The molecule has 10 heteroatoms. The molecule has 122 valence electrons. The van der Waals surface area contributed by atoms with Gasteiger partial charge < -0.3 is 20.3 Å². The van der Waals surface area contributed by atoms with Crippen molar-refractivity contribution >= 4 is 23.2 Å². The maximum atomic E-state index is 13.1. The van der Waals surface area contributed by atoms with E-state index in [1.165, 1.54) is 22.8 Å². The lowest BCUT2D eigenvalue weighted by atomic mass is 10.3. The maximum absolute atomic E-state index is 13.1. The second-order valence-corrected chi connectivity index (χ2v) is 4.82. The first kappa shape index (κ1) is 16.3. The van der Waals surface area contributed by atoms with Gasteiger partial charge >= 0.3 is 5.82 Å². The number of aryl methyl sites for hydroxylation is 1. The highest BCUT2D eigenvalue weighted by molar-refractivity contribution is 5.94. The Bertz CT molecular complexity index is 742. The van der Waals surface area contributed by atoms with E-state index < -0.39 is 22.5 Å². The fourth-order valence-electron chi connectivity index (χ4n) is 2.10. The highest BCUT2D eigenvalue weighted by Gasteiger charge is 2.24. The molecule has 23 heavy (non-hydrogen) atoms. The molecule has 0 saturated carbocycles. The molecule has 0 spiro atoms. The molecule has 1 aromatic carbocycles. The number of rotatable bonds is 5. The minimum absolute atomic E-state index is 0.0413. The van der Waals surface area contributed by atoms with Gasteiger partial charge in [0.1, 0.15) is 11.6 Å². The molecular weight excluding hydrogens is 312 g/mol. The Hall–Kier alpha value is -3.04. The zero-order valence-corrected chi connectivity index (χ0v) is 12.3. The van der Waals surface area contributed by atoms with Gasteiger partial charge in [0.15, 0.2) is 0 Å². The van der Waals surface area contributed by atoms with E-state index in [9.17, 15) is 23.7 Å². The Morgan fingerprint density at radius 2 is 2.00 bits per heavy atom. The summed E-state index contributed by atoms with van der Waals surface area (Å²) in [6, 6.07) is 2.61. The maximum Gasteiger partial charge on any atom is 0.406 e. The van der Waals surface area contributed by atoms with Crippen LogP contribution >= 0.6 is 0 Å². The van der Waals surface area contributed by atoms with Gasteiger partial charge in [-0.1, -0.05) is 0 Å². The minimum Gasteiger partial charge on any atom is -0.358 e. The van der Waals surface area contributed by atoms with Crippen LogP contribution in [0.3, 0.4) is 0 Å². The van der Waals surface area contributed by atoms with Crippen LogP contribution in [-0.4, -0.2) is 34.0 Å². The van der Waals surface area contributed by atoms with Crippen LogP contribution in [0.4, 0.5) is 26.1 Å². The first-order valence-corrected chi connectivity index (χ1v) is 6.40. The number of likely N-dealkylation sites (N-methyl/N-ethyl adjacent to an activating group) is 1. The molecule has 0 aliphatic rings. The first-order valence-electron chi connectivity index (χ1n) is 6.40. The molecule has 0 unspecified atom stereocenters. The van der Waals surface area contributed by atoms with Crippen molar-refractivity contribution in [3.8, 4) is 0 Å². The van der Waals surface area contributed by atoms with E-state index in [1.807, 2.05) is 0 Å². The number of halogens is 2. The molecule has 1 amide bonds. The summed E-state index contributed by atoms with van der Waals surface area (Å²) in [4.78, 5) is 27.1. The third-order valence-corrected chi connectivity index (χ3v) is 2.95. The van der Waals surface area contributed by atoms with Gasteiger partial charge in [-0.05, 0) is 22.0 Å². The van der Waals surface area contributed by atoms with Gasteiger partial charge in [0.25, 0.3) is 0 Å². The average molecular weight is 325 g/mol. The molecule has 8 nitrogen and oxygen atoms in total. The number of hydrogen-bond donors (Lipinski definition) is 1. The quantitative estimate of drug-likeness (QED) is 0.667. The van der Waals surface area contributed by atoms with Crippen molar-refractivity contribution < 1.29 is 18.5 Å². The van der Waals surface area contributed by atoms with Crippen molar-refractivity contribution in [2.24, 2.45) is 7.05 Å². The summed E-state index contributed by atoms with van der Waals surface area (Å²) in [5, 5.41) is 13.2. The minimum atomic E-state index is -0.823. The highest BCUT2D eigenvalue weighted by Crippen LogP contribution is 2.24. The number of hydrogen-bond acceptors (Lipinski definition) is 5. The Balaban J connectivity index is 2.11. The number of benzene rings is 1. The lowest BCUT2D eigenvalue weighted by Gasteiger charge is -2.17. The number of amides is 1. The molecule has 2 rings (SSSR count). The van der Waals surface area contributed by atoms with Crippen LogP contribution in [0.25, 0.3) is 0 Å². The third kappa shape index (κ3) is 3.78. The topological polar surface area (TPSA) is 93.3 Å². The second kappa shape index (κ2) is 6.38. The van der Waals surface area contributed by atoms with Crippen LogP contribution in [0.5, 0.6) is 0 Å². The zero-order valence-electron chi connectivity index (χ0n) is 12.3. The number of nitrogens with zero attached hydrogens (tertiary/aromatic N) is 4. The van der Waals surface area contributed by atoms with Crippen LogP contribution in [-0.2, 0) is 11.8 Å². The number of carbonyl (C=O) groups excluding carboxylic acids is 1. The molecule has 0 saturated heterocycles. The first-order chi connectivity index (χ1) is 10.8. The van der Waals surface area contributed by atoms with E-state index in [0.29, 0.717) is 6.07 Å². The van der Waals surface area contributed by atoms with E-state index in [0.717, 1.165) is 12.1 Å². The fourth-order valence-corrected chi connectivity index (χ4v) is 2.10. The van der Waals surface area contributed by atoms with Crippen molar-refractivity contribution in [2.75, 3.05) is 23.8 Å². The van der Waals surface area contributed by atoms with Gasteiger partial charge in [-0.3, -0.25) is 9.36 Å². The number of nitro groups is 1. The fraction of sp³-hybridized carbons (Fsp3) is 0.231. The van der Waals surface area contributed by atoms with Crippen molar-refractivity contribution in [1.82, 2.24) is 9.55 Å². The van der Waals surface area contributed by atoms with Crippen molar-refractivity contribution in [2.45, 2.75) is 0 Å². The van der Waals surface area contributed by atoms with E-state index in [1.54, 1.807) is 7.05 Å². The SMILES string of the molecule is CN(CC(=O)Nc1cc(F)cc(F)c1)c1c([N+](=O)[O-])ncn1C. The standard InChI is InChI=1S/C13H13F2N5O3/c1-18(13-12(20(22)23)16-7-19(13)2)6-11(21)17-10-4-8(14)3-9(15)5-10/h3-5,7H,6H2,1-2H3,(H,17,21). The zero-order chi connectivity index (χ0) is 17.1. The van der Waals surface area contributed by atoms with Crippen LogP contribution in [0.15, 0.2) is 24.5 Å². The molecule has 0 aliphatic carbocycles. The normalized spacial score (nSPS) is 10.4. The van der Waals surface area contributed by atoms with Gasteiger partial charge in [-0.15, -0.1) is 0 Å². The third-order valence-electron chi connectivity index (χ3n) is 2.95. The van der Waals surface area contributed by atoms with Crippen LogP contribution in [0.1, 0.15) is 0 Å². The number of carbonyl (C=O) groups is 1. The molecule has 0 atom stereocenters. The summed E-state index contributed by atoms with van der Waals surface area (Å²) < 4.78 is 27.5. The summed E-state index contributed by atoms with van der Waals surface area (Å²) in [6.07, 6.45) is 1.25.